The first-order chi connectivity index (χ1) is 8.37. The van der Waals surface area contributed by atoms with Crippen LogP contribution in [0.4, 0.5) is 0 Å². The summed E-state index contributed by atoms with van der Waals surface area (Å²) in [5.74, 6) is 0.327. The third-order valence-electron chi connectivity index (χ3n) is 2.55. The summed E-state index contributed by atoms with van der Waals surface area (Å²) in [5.41, 5.74) is 0. The van der Waals surface area contributed by atoms with Crippen LogP contribution >= 0.6 is 11.3 Å². The molecule has 0 fully saturated rings. The summed E-state index contributed by atoms with van der Waals surface area (Å²) in [6, 6.07) is 3.61. The fourth-order valence-electron chi connectivity index (χ4n) is 1.65. The van der Waals surface area contributed by atoms with Crippen molar-refractivity contribution in [3.63, 3.8) is 0 Å². The minimum Gasteiger partial charge on any atom is -0.319 e. The maximum absolute atomic E-state index is 12.3. The molecule has 0 aromatic carbocycles. The summed E-state index contributed by atoms with van der Waals surface area (Å²) in [6.45, 7) is 5.44. The Bertz CT molecular complexity index is 466. The van der Waals surface area contributed by atoms with Gasteiger partial charge in [-0.15, -0.1) is 11.3 Å². The second-order valence-electron chi connectivity index (χ2n) is 4.75. The van der Waals surface area contributed by atoms with Crippen LogP contribution in [0.3, 0.4) is 0 Å². The van der Waals surface area contributed by atoms with E-state index in [2.05, 4.69) is 5.32 Å². The minimum atomic E-state index is -3.31. The molecular formula is C12H22N2O2S2. The average Bonchev–Trinajstić information content (AvgIpc) is 2.74. The predicted molar refractivity (Wildman–Crippen MR) is 76.6 cm³/mol. The smallest absolute Gasteiger partial charge is 0.252 e. The lowest BCUT2D eigenvalue weighted by Crippen LogP contribution is -2.29. The van der Waals surface area contributed by atoms with E-state index in [9.17, 15) is 8.42 Å². The number of rotatable bonds is 7. The highest BCUT2D eigenvalue weighted by Gasteiger charge is 2.23. The molecule has 1 aromatic heterocycles. The summed E-state index contributed by atoms with van der Waals surface area (Å²) in [7, 11) is 0.225. The van der Waals surface area contributed by atoms with Crippen LogP contribution in [0, 0.1) is 5.92 Å². The number of thiophene rings is 1. The normalized spacial score (nSPS) is 12.6. The molecule has 0 amide bonds. The van der Waals surface area contributed by atoms with E-state index in [0.29, 0.717) is 16.7 Å². The Kier molecular flexibility index (Phi) is 5.78. The van der Waals surface area contributed by atoms with Crippen LogP contribution in [-0.4, -0.2) is 39.9 Å². The van der Waals surface area contributed by atoms with Crippen molar-refractivity contribution in [1.82, 2.24) is 9.62 Å². The standard InChI is InChI=1S/C12H22N2O2S2/c1-10(2)9-14(4)18(15,16)12-6-5-11(17-12)7-8-13-3/h5-6,10,13H,7-9H2,1-4H3. The number of hydrogen-bond donors (Lipinski definition) is 1. The summed E-state index contributed by atoms with van der Waals surface area (Å²) < 4.78 is 26.4. The lowest BCUT2D eigenvalue weighted by atomic mass is 10.2. The zero-order valence-corrected chi connectivity index (χ0v) is 13.1. The number of nitrogens with zero attached hydrogens (tertiary/aromatic N) is 1. The third-order valence-corrected chi connectivity index (χ3v) is 5.98. The number of nitrogens with one attached hydrogen (secondary N) is 1. The first kappa shape index (κ1) is 15.6. The number of hydrogen-bond acceptors (Lipinski definition) is 4. The maximum Gasteiger partial charge on any atom is 0.252 e. The molecule has 1 aromatic rings. The van der Waals surface area contributed by atoms with Gasteiger partial charge in [0.25, 0.3) is 10.0 Å². The molecular weight excluding hydrogens is 268 g/mol. The first-order valence-electron chi connectivity index (χ1n) is 6.07. The van der Waals surface area contributed by atoms with Gasteiger partial charge in [0.2, 0.25) is 0 Å². The van der Waals surface area contributed by atoms with Crippen molar-refractivity contribution in [2.45, 2.75) is 24.5 Å². The molecule has 0 aliphatic rings. The molecule has 0 aliphatic carbocycles. The number of sulfonamides is 1. The highest BCUT2D eigenvalue weighted by molar-refractivity contribution is 7.91. The van der Waals surface area contributed by atoms with Gasteiger partial charge in [-0.3, -0.25) is 0 Å². The molecule has 0 unspecified atom stereocenters. The van der Waals surface area contributed by atoms with E-state index in [1.54, 1.807) is 13.1 Å². The maximum atomic E-state index is 12.3. The van der Waals surface area contributed by atoms with Crippen LogP contribution in [0.25, 0.3) is 0 Å². The molecule has 0 radical (unpaired) electrons. The van der Waals surface area contributed by atoms with Gasteiger partial charge in [-0.25, -0.2) is 8.42 Å². The fourth-order valence-corrected chi connectivity index (χ4v) is 4.55. The Morgan fingerprint density at radius 1 is 1.39 bits per heavy atom. The monoisotopic (exact) mass is 290 g/mol. The lowest BCUT2D eigenvalue weighted by molar-refractivity contribution is 0.418. The molecule has 0 saturated carbocycles. The minimum absolute atomic E-state index is 0.327. The number of likely N-dealkylation sites (N-methyl/N-ethyl adjacent to an activating group) is 1. The summed E-state index contributed by atoms with van der Waals surface area (Å²) >= 11 is 1.37. The summed E-state index contributed by atoms with van der Waals surface area (Å²) in [4.78, 5) is 1.10. The average molecular weight is 290 g/mol. The van der Waals surface area contributed by atoms with Gasteiger partial charge in [-0.1, -0.05) is 13.8 Å². The predicted octanol–water partition coefficient (Wildman–Crippen LogP) is 1.79. The highest BCUT2D eigenvalue weighted by Crippen LogP contribution is 2.24. The van der Waals surface area contributed by atoms with Crippen molar-refractivity contribution in [1.29, 1.82) is 0 Å². The van der Waals surface area contributed by atoms with E-state index >= 15 is 0 Å². The van der Waals surface area contributed by atoms with Crippen LogP contribution in [0.1, 0.15) is 18.7 Å². The molecule has 6 heteroatoms. The molecule has 0 bridgehead atoms. The Labute approximate surface area is 114 Å². The van der Waals surface area contributed by atoms with Gasteiger partial charge in [0.1, 0.15) is 4.21 Å². The van der Waals surface area contributed by atoms with Crippen LogP contribution in [0.5, 0.6) is 0 Å². The zero-order valence-electron chi connectivity index (χ0n) is 11.4. The molecule has 0 saturated heterocycles. The molecule has 1 rings (SSSR count). The van der Waals surface area contributed by atoms with Gasteiger partial charge in [0.15, 0.2) is 0 Å². The lowest BCUT2D eigenvalue weighted by Gasteiger charge is -2.17. The highest BCUT2D eigenvalue weighted by atomic mass is 32.2. The zero-order chi connectivity index (χ0) is 13.8. The molecule has 0 aliphatic heterocycles. The third kappa shape index (κ3) is 4.05. The largest absolute Gasteiger partial charge is 0.319 e. The molecule has 18 heavy (non-hydrogen) atoms. The van der Waals surface area contributed by atoms with E-state index in [1.807, 2.05) is 27.0 Å². The molecule has 1 heterocycles. The fraction of sp³-hybridized carbons (Fsp3) is 0.667. The van der Waals surface area contributed by atoms with E-state index in [0.717, 1.165) is 17.8 Å². The van der Waals surface area contributed by atoms with Crippen molar-refractivity contribution in [3.8, 4) is 0 Å². The van der Waals surface area contributed by atoms with Gasteiger partial charge < -0.3 is 5.32 Å². The van der Waals surface area contributed by atoms with Gasteiger partial charge in [-0.05, 0) is 38.1 Å². The van der Waals surface area contributed by atoms with Crippen LogP contribution < -0.4 is 5.32 Å². The first-order valence-corrected chi connectivity index (χ1v) is 8.33. The van der Waals surface area contributed by atoms with Gasteiger partial charge in [0, 0.05) is 18.5 Å². The van der Waals surface area contributed by atoms with Crippen molar-refractivity contribution >= 4 is 21.4 Å². The Morgan fingerprint density at radius 2 is 2.06 bits per heavy atom. The molecule has 0 spiro atoms. The second kappa shape index (κ2) is 6.65. The van der Waals surface area contributed by atoms with Crippen LogP contribution in [0.15, 0.2) is 16.3 Å². The topological polar surface area (TPSA) is 49.4 Å². The molecule has 0 atom stereocenters. The van der Waals surface area contributed by atoms with E-state index in [4.69, 9.17) is 0 Å². The van der Waals surface area contributed by atoms with Crippen molar-refractivity contribution < 1.29 is 8.42 Å². The van der Waals surface area contributed by atoms with Gasteiger partial charge in [-0.2, -0.15) is 4.31 Å². The van der Waals surface area contributed by atoms with Crippen molar-refractivity contribution in [2.75, 3.05) is 27.2 Å². The summed E-state index contributed by atoms with van der Waals surface area (Å²) in [5, 5.41) is 3.06. The quantitative estimate of drug-likeness (QED) is 0.833. The molecule has 1 N–H and O–H groups in total. The molecule has 104 valence electrons. The van der Waals surface area contributed by atoms with E-state index in [1.165, 1.54) is 15.6 Å². The van der Waals surface area contributed by atoms with Crippen LogP contribution in [0.2, 0.25) is 0 Å². The van der Waals surface area contributed by atoms with Gasteiger partial charge >= 0.3 is 0 Å². The van der Waals surface area contributed by atoms with Crippen molar-refractivity contribution in [2.24, 2.45) is 5.92 Å². The summed E-state index contributed by atoms with van der Waals surface area (Å²) in [6.07, 6.45) is 0.866. The Balaban J connectivity index is 2.81. The Hall–Kier alpha value is -0.430. The second-order valence-corrected chi connectivity index (χ2v) is 8.19. The van der Waals surface area contributed by atoms with Crippen LogP contribution in [-0.2, 0) is 16.4 Å². The Morgan fingerprint density at radius 3 is 2.61 bits per heavy atom. The van der Waals surface area contributed by atoms with Gasteiger partial charge in [0.05, 0.1) is 0 Å². The van der Waals surface area contributed by atoms with E-state index in [-0.39, 0.29) is 0 Å². The van der Waals surface area contributed by atoms with E-state index < -0.39 is 10.0 Å². The van der Waals surface area contributed by atoms with Crippen molar-refractivity contribution in [3.05, 3.63) is 17.0 Å². The SMILES string of the molecule is CNCCc1ccc(S(=O)(=O)N(C)CC(C)C)s1. The molecule has 4 nitrogen and oxygen atoms in total.